The molecule has 0 saturated carbocycles. The number of hydrogen-bond acceptors (Lipinski definition) is 6. The van der Waals surface area contributed by atoms with Gasteiger partial charge in [0.15, 0.2) is 0 Å². The summed E-state index contributed by atoms with van der Waals surface area (Å²) in [5.41, 5.74) is 0.829. The average molecular weight is 408 g/mol. The highest BCUT2D eigenvalue weighted by atomic mass is 16.6. The lowest BCUT2D eigenvalue weighted by molar-refractivity contribution is -0.391. The fourth-order valence-corrected chi connectivity index (χ4v) is 4.48. The second kappa shape index (κ2) is 7.19. The third kappa shape index (κ3) is 3.92. The fourth-order valence-electron chi connectivity index (χ4n) is 4.48. The number of anilines is 1. The van der Waals surface area contributed by atoms with Crippen molar-refractivity contribution in [3.8, 4) is 0 Å². The minimum atomic E-state index is -1.17. The summed E-state index contributed by atoms with van der Waals surface area (Å²) in [6, 6.07) is -0.627. The molecule has 0 bridgehead atoms. The first-order valence-electron chi connectivity index (χ1n) is 10.1. The van der Waals surface area contributed by atoms with E-state index in [2.05, 4.69) is 5.32 Å². The highest BCUT2D eigenvalue weighted by Crippen LogP contribution is 2.43. The molecular weight excluding hydrogens is 376 g/mol. The first-order chi connectivity index (χ1) is 13.3. The summed E-state index contributed by atoms with van der Waals surface area (Å²) in [6.45, 7) is 9.65. The zero-order chi connectivity index (χ0) is 21.7. The van der Waals surface area contributed by atoms with Crippen molar-refractivity contribution in [3.63, 3.8) is 0 Å². The number of alkyl carbamates (subject to hydrolysis) is 1. The maximum atomic E-state index is 12.4. The number of hydrogen-bond donors (Lipinski definition) is 2. The predicted octanol–water partition coefficient (Wildman–Crippen LogP) is 2.52. The van der Waals surface area contributed by atoms with Gasteiger partial charge < -0.3 is 30.2 Å². The third-order valence-electron chi connectivity index (χ3n) is 6.19. The van der Waals surface area contributed by atoms with Crippen LogP contribution < -0.4 is 10.2 Å². The van der Waals surface area contributed by atoms with E-state index in [4.69, 9.17) is 4.74 Å². The van der Waals surface area contributed by atoms with E-state index in [1.165, 1.54) is 0 Å². The smallest absolute Gasteiger partial charge is 0.408 e. The zero-order valence-electron chi connectivity index (χ0n) is 18.1. The van der Waals surface area contributed by atoms with Crippen LogP contribution in [0.4, 0.5) is 16.3 Å². The molecule has 9 nitrogen and oxygen atoms in total. The van der Waals surface area contributed by atoms with E-state index in [0.717, 1.165) is 30.5 Å². The van der Waals surface area contributed by atoms with Crippen LogP contribution in [0.5, 0.6) is 0 Å². The molecular formula is C20H32N4O5. The molecule has 2 heterocycles. The van der Waals surface area contributed by atoms with E-state index in [9.17, 15) is 20.0 Å². The Bertz CT molecular complexity index is 824. The van der Waals surface area contributed by atoms with E-state index in [1.807, 2.05) is 11.8 Å². The normalized spacial score (nSPS) is 26.9. The lowest BCUT2D eigenvalue weighted by atomic mass is 9.79. The Balaban J connectivity index is 1.94. The lowest BCUT2D eigenvalue weighted by Crippen LogP contribution is -2.65. The van der Waals surface area contributed by atoms with E-state index in [-0.39, 0.29) is 23.2 Å². The highest BCUT2D eigenvalue weighted by molar-refractivity contribution is 5.72. The van der Waals surface area contributed by atoms with E-state index in [1.54, 1.807) is 39.3 Å². The molecule has 1 aromatic heterocycles. The van der Waals surface area contributed by atoms with Gasteiger partial charge in [-0.1, -0.05) is 6.92 Å². The van der Waals surface area contributed by atoms with Crippen molar-refractivity contribution in [2.24, 2.45) is 13.0 Å². The maximum absolute atomic E-state index is 12.4. The molecule has 1 aliphatic heterocycles. The topological polar surface area (TPSA) is 110 Å². The van der Waals surface area contributed by atoms with Crippen LogP contribution in [0.1, 0.15) is 52.3 Å². The molecule has 2 N–H and O–H groups in total. The zero-order valence-corrected chi connectivity index (χ0v) is 18.1. The molecule has 1 fully saturated rings. The minimum absolute atomic E-state index is 0.0828. The maximum Gasteiger partial charge on any atom is 0.408 e. The predicted molar refractivity (Wildman–Crippen MR) is 109 cm³/mol. The molecule has 162 valence electrons. The first kappa shape index (κ1) is 21.4. The summed E-state index contributed by atoms with van der Waals surface area (Å²) in [4.78, 5) is 25.8. The van der Waals surface area contributed by atoms with Gasteiger partial charge in [0, 0.05) is 31.0 Å². The van der Waals surface area contributed by atoms with Gasteiger partial charge in [-0.05, 0) is 45.5 Å². The van der Waals surface area contributed by atoms with Crippen LogP contribution in [-0.2, 0) is 24.6 Å². The molecule has 1 aliphatic carbocycles. The largest absolute Gasteiger partial charge is 0.444 e. The van der Waals surface area contributed by atoms with Crippen molar-refractivity contribution in [1.82, 2.24) is 9.88 Å². The van der Waals surface area contributed by atoms with Crippen LogP contribution >= 0.6 is 0 Å². The summed E-state index contributed by atoms with van der Waals surface area (Å²) in [6.07, 6.45) is 2.00. The van der Waals surface area contributed by atoms with E-state index < -0.39 is 23.3 Å². The van der Waals surface area contributed by atoms with Gasteiger partial charge in [-0.25, -0.2) is 9.36 Å². The van der Waals surface area contributed by atoms with Crippen molar-refractivity contribution >= 4 is 17.6 Å². The Morgan fingerprint density at radius 1 is 1.34 bits per heavy atom. The SMILES string of the molecule is CC1CN(c2c3c(n(C)c2[N+](=O)[O-])CCC3)CC(NC(=O)OC(C)(C)C)C1(C)O. The molecule has 3 unspecified atom stereocenters. The second-order valence-corrected chi connectivity index (χ2v) is 9.50. The number of fused-ring (bicyclic) bond motifs is 1. The standard InChI is InChI=1S/C20H32N4O5/c1-12-10-23(11-15(20(12,5)26)21-18(25)29-19(2,3)4)16-13-8-7-9-14(13)22(6)17(16)24(27)28/h12,15,26H,7-11H2,1-6H3,(H,21,25). The quantitative estimate of drug-likeness (QED) is 0.587. The van der Waals surface area contributed by atoms with Crippen molar-refractivity contribution < 1.29 is 19.6 Å². The second-order valence-electron chi connectivity index (χ2n) is 9.50. The van der Waals surface area contributed by atoms with Crippen LogP contribution in [-0.4, -0.2) is 51.0 Å². The van der Waals surface area contributed by atoms with Crippen molar-refractivity contribution in [2.75, 3.05) is 18.0 Å². The van der Waals surface area contributed by atoms with Gasteiger partial charge >= 0.3 is 11.9 Å². The van der Waals surface area contributed by atoms with Gasteiger partial charge in [-0.15, -0.1) is 0 Å². The molecule has 3 atom stereocenters. The Morgan fingerprint density at radius 3 is 2.59 bits per heavy atom. The Kier molecular flexibility index (Phi) is 5.31. The number of rotatable bonds is 3. The van der Waals surface area contributed by atoms with Crippen LogP contribution in [0.2, 0.25) is 0 Å². The Labute approximate surface area is 171 Å². The van der Waals surface area contributed by atoms with Crippen molar-refractivity contribution in [3.05, 3.63) is 21.4 Å². The number of aromatic nitrogens is 1. The Morgan fingerprint density at radius 2 is 2.00 bits per heavy atom. The Hall–Kier alpha value is -2.29. The number of carbonyl (C=O) groups is 1. The molecule has 2 aliphatic rings. The summed E-state index contributed by atoms with van der Waals surface area (Å²) in [5.74, 6) is -0.132. The van der Waals surface area contributed by atoms with Crippen LogP contribution in [0.3, 0.4) is 0 Å². The highest BCUT2D eigenvalue weighted by Gasteiger charge is 2.47. The average Bonchev–Trinajstić information content (AvgIpc) is 3.12. The van der Waals surface area contributed by atoms with Crippen molar-refractivity contribution in [2.45, 2.75) is 71.1 Å². The molecule has 1 amide bonds. The van der Waals surface area contributed by atoms with Crippen molar-refractivity contribution in [1.29, 1.82) is 0 Å². The number of nitro groups is 1. The van der Waals surface area contributed by atoms with Gasteiger partial charge in [0.2, 0.25) is 0 Å². The number of carbonyl (C=O) groups excluding carboxylic acids is 1. The third-order valence-corrected chi connectivity index (χ3v) is 6.19. The minimum Gasteiger partial charge on any atom is -0.444 e. The number of aliphatic hydroxyl groups is 1. The summed E-state index contributed by atoms with van der Waals surface area (Å²) >= 11 is 0. The number of amides is 1. The number of nitrogens with one attached hydrogen (secondary N) is 1. The fraction of sp³-hybridized carbons (Fsp3) is 0.750. The van der Waals surface area contributed by atoms with E-state index >= 15 is 0 Å². The van der Waals surface area contributed by atoms with Crippen LogP contribution in [0, 0.1) is 16.0 Å². The molecule has 1 aromatic rings. The number of ether oxygens (including phenoxy) is 1. The molecule has 3 rings (SSSR count). The molecule has 0 aromatic carbocycles. The molecule has 9 heteroatoms. The van der Waals surface area contributed by atoms with Gasteiger partial charge in [-0.3, -0.25) is 0 Å². The lowest BCUT2D eigenvalue weighted by Gasteiger charge is -2.47. The number of nitrogens with zero attached hydrogens (tertiary/aromatic N) is 3. The van der Waals surface area contributed by atoms with Crippen LogP contribution in [0.15, 0.2) is 0 Å². The monoisotopic (exact) mass is 408 g/mol. The first-order valence-corrected chi connectivity index (χ1v) is 10.1. The van der Waals surface area contributed by atoms with Gasteiger partial charge in [0.1, 0.15) is 17.0 Å². The van der Waals surface area contributed by atoms with Crippen LogP contribution in [0.25, 0.3) is 0 Å². The molecule has 0 spiro atoms. The molecule has 0 radical (unpaired) electrons. The van der Waals surface area contributed by atoms with Gasteiger partial charge in [-0.2, -0.15) is 0 Å². The summed E-state index contributed by atoms with van der Waals surface area (Å²) in [7, 11) is 1.74. The molecule has 1 saturated heterocycles. The molecule has 29 heavy (non-hydrogen) atoms. The summed E-state index contributed by atoms with van der Waals surface area (Å²) < 4.78 is 7.04. The summed E-state index contributed by atoms with van der Waals surface area (Å²) in [5, 5.41) is 25.7. The van der Waals surface area contributed by atoms with E-state index in [0.29, 0.717) is 12.2 Å². The van der Waals surface area contributed by atoms with Gasteiger partial charge in [0.25, 0.3) is 0 Å². The number of piperidine rings is 1. The van der Waals surface area contributed by atoms with Gasteiger partial charge in [0.05, 0.1) is 18.7 Å².